The molecule has 0 unspecified atom stereocenters. The van der Waals surface area contributed by atoms with Crippen molar-refractivity contribution in [3.05, 3.63) is 122 Å². The molecule has 0 atom stereocenters. The Morgan fingerprint density at radius 2 is 1.04 bits per heavy atom. The van der Waals surface area contributed by atoms with E-state index in [4.69, 9.17) is 4.98 Å². The molecule has 0 radical (unpaired) electrons. The molecule has 0 fully saturated rings. The standard InChI is InChI=1S/C38H30BN7/c1-42-23-44(34-14-8-7-13-33(34)42)25-15-17-29-27-9-3-5-11-31(27)39-32-12-6-4-10-28(32)30-18-16-26(22-36(30)46(39)35(29)21-25)45-24-43(2)37-38(45)41-20-19-40-37/h3-22H,23-24H2,1-2H3. The van der Waals surface area contributed by atoms with Gasteiger partial charge in [-0.15, -0.1) is 0 Å². The third kappa shape index (κ3) is 3.44. The summed E-state index contributed by atoms with van der Waals surface area (Å²) in [6.07, 6.45) is 3.55. The Bertz CT molecular complexity index is 2060. The first kappa shape index (κ1) is 25.6. The molecule has 6 aromatic rings. The molecule has 46 heavy (non-hydrogen) atoms. The van der Waals surface area contributed by atoms with E-state index in [2.05, 4.69) is 153 Å². The molecule has 0 N–H and O–H groups in total. The molecule has 4 aliphatic heterocycles. The zero-order valence-corrected chi connectivity index (χ0v) is 25.7. The van der Waals surface area contributed by atoms with Gasteiger partial charge < -0.3 is 24.4 Å². The van der Waals surface area contributed by atoms with Crippen molar-refractivity contribution in [1.82, 2.24) is 9.97 Å². The highest BCUT2D eigenvalue weighted by atomic mass is 15.4. The number of benzene rings is 5. The molecule has 220 valence electrons. The second-order valence-corrected chi connectivity index (χ2v) is 12.6. The Labute approximate surface area is 268 Å². The fraction of sp³-hybridized carbons (Fsp3) is 0.105. The van der Waals surface area contributed by atoms with E-state index in [9.17, 15) is 0 Å². The van der Waals surface area contributed by atoms with Gasteiger partial charge in [-0.2, -0.15) is 0 Å². The summed E-state index contributed by atoms with van der Waals surface area (Å²) in [7, 11) is 4.24. The van der Waals surface area contributed by atoms with Gasteiger partial charge in [-0.3, -0.25) is 0 Å². The zero-order chi connectivity index (χ0) is 30.5. The molecular formula is C38H30BN7. The smallest absolute Gasteiger partial charge is 0.329 e. The Morgan fingerprint density at radius 1 is 0.500 bits per heavy atom. The van der Waals surface area contributed by atoms with Crippen molar-refractivity contribution in [2.24, 2.45) is 0 Å². The SMILES string of the molecule is CN1CN(c2ccc3c(c2)N2B(c4ccccc4-3)c3ccccc3-c3ccc(N4CN(C)c5nccnc54)cc32)c2ccccc21. The lowest BCUT2D eigenvalue weighted by Crippen LogP contribution is -2.59. The summed E-state index contributed by atoms with van der Waals surface area (Å²) in [5.74, 6) is 1.79. The second-order valence-electron chi connectivity index (χ2n) is 12.6. The molecule has 0 saturated carbocycles. The Morgan fingerprint density at radius 3 is 1.72 bits per heavy atom. The van der Waals surface area contributed by atoms with Crippen LogP contribution in [0.3, 0.4) is 0 Å². The minimum atomic E-state index is 0.0415. The normalized spacial score (nSPS) is 15.2. The van der Waals surface area contributed by atoms with Crippen molar-refractivity contribution in [2.45, 2.75) is 0 Å². The predicted octanol–water partition coefficient (Wildman–Crippen LogP) is 6.47. The molecule has 0 amide bonds. The average molecular weight is 596 g/mol. The van der Waals surface area contributed by atoms with Crippen LogP contribution >= 0.6 is 0 Å². The quantitative estimate of drug-likeness (QED) is 0.213. The largest absolute Gasteiger partial charge is 0.376 e. The lowest BCUT2D eigenvalue weighted by atomic mass is 9.43. The van der Waals surface area contributed by atoms with Crippen LogP contribution in [0.15, 0.2) is 122 Å². The summed E-state index contributed by atoms with van der Waals surface area (Å²) in [5, 5.41) is 0. The van der Waals surface area contributed by atoms with Crippen LogP contribution in [0.5, 0.6) is 0 Å². The summed E-state index contributed by atoms with van der Waals surface area (Å²) in [4.78, 5) is 21.1. The molecule has 4 aliphatic rings. The van der Waals surface area contributed by atoms with Crippen LogP contribution in [0, 0.1) is 0 Å². The van der Waals surface area contributed by atoms with E-state index in [-0.39, 0.29) is 6.85 Å². The van der Waals surface area contributed by atoms with Gasteiger partial charge in [-0.25, -0.2) is 9.97 Å². The number of anilines is 8. The van der Waals surface area contributed by atoms with Crippen molar-refractivity contribution in [3.8, 4) is 22.3 Å². The Balaban J connectivity index is 1.21. The highest BCUT2D eigenvalue weighted by Gasteiger charge is 2.43. The van der Waals surface area contributed by atoms with E-state index in [1.165, 1.54) is 61.6 Å². The average Bonchev–Trinajstić information content (AvgIpc) is 3.64. The van der Waals surface area contributed by atoms with Crippen LogP contribution in [-0.4, -0.2) is 44.2 Å². The van der Waals surface area contributed by atoms with E-state index < -0.39 is 0 Å². The van der Waals surface area contributed by atoms with E-state index in [0.717, 1.165) is 24.0 Å². The monoisotopic (exact) mass is 595 g/mol. The first-order chi connectivity index (χ1) is 22.7. The van der Waals surface area contributed by atoms with Crippen molar-refractivity contribution in [1.29, 1.82) is 0 Å². The molecule has 0 bridgehead atoms. The topological polar surface area (TPSA) is 42.0 Å². The van der Waals surface area contributed by atoms with Crippen molar-refractivity contribution >= 4 is 63.5 Å². The maximum absolute atomic E-state index is 4.74. The molecular weight excluding hydrogens is 565 g/mol. The number of nitrogens with zero attached hydrogens (tertiary/aromatic N) is 7. The van der Waals surface area contributed by atoms with Gasteiger partial charge >= 0.3 is 6.85 Å². The van der Waals surface area contributed by atoms with Gasteiger partial charge in [-0.1, -0.05) is 72.8 Å². The molecule has 1 aromatic heterocycles. The molecule has 8 heteroatoms. The van der Waals surface area contributed by atoms with Crippen LogP contribution in [-0.2, 0) is 0 Å². The van der Waals surface area contributed by atoms with Gasteiger partial charge in [0, 0.05) is 60.4 Å². The number of para-hydroxylation sites is 2. The van der Waals surface area contributed by atoms with Gasteiger partial charge in [0.1, 0.15) is 0 Å². The Kier molecular flexibility index (Phi) is 5.21. The first-order valence-electron chi connectivity index (χ1n) is 15.8. The minimum absolute atomic E-state index is 0.0415. The van der Waals surface area contributed by atoms with Gasteiger partial charge in [0.25, 0.3) is 0 Å². The third-order valence-corrected chi connectivity index (χ3v) is 10.0. The number of hydrogen-bond acceptors (Lipinski definition) is 7. The molecule has 10 rings (SSSR count). The van der Waals surface area contributed by atoms with Crippen LogP contribution in [0.4, 0.5) is 45.8 Å². The molecule has 5 aromatic carbocycles. The minimum Gasteiger partial charge on any atom is -0.376 e. The summed E-state index contributed by atoms with van der Waals surface area (Å²) in [5.41, 5.74) is 14.9. The van der Waals surface area contributed by atoms with Crippen molar-refractivity contribution in [3.63, 3.8) is 0 Å². The lowest BCUT2D eigenvalue weighted by molar-refractivity contribution is 0.935. The molecule has 5 heterocycles. The molecule has 7 nitrogen and oxygen atoms in total. The van der Waals surface area contributed by atoms with Gasteiger partial charge in [0.2, 0.25) is 0 Å². The number of hydrogen-bond donors (Lipinski definition) is 0. The molecule has 0 saturated heterocycles. The Hall–Kier alpha value is -5.76. The fourth-order valence-electron chi connectivity index (χ4n) is 7.98. The summed E-state index contributed by atoms with van der Waals surface area (Å²) in [6, 6.07) is 40.5. The third-order valence-electron chi connectivity index (χ3n) is 10.0. The number of aromatic nitrogens is 2. The highest BCUT2D eigenvalue weighted by Crippen LogP contribution is 2.50. The molecule has 0 aliphatic carbocycles. The highest BCUT2D eigenvalue weighted by molar-refractivity contribution is 6.92. The lowest BCUT2D eigenvalue weighted by Gasteiger charge is -2.44. The van der Waals surface area contributed by atoms with Crippen LogP contribution in [0.1, 0.15) is 0 Å². The number of fused-ring (bicyclic) bond motifs is 13. The van der Waals surface area contributed by atoms with Gasteiger partial charge in [0.15, 0.2) is 11.6 Å². The van der Waals surface area contributed by atoms with E-state index >= 15 is 0 Å². The maximum atomic E-state index is 4.74. The van der Waals surface area contributed by atoms with Gasteiger partial charge in [0.05, 0.1) is 24.7 Å². The van der Waals surface area contributed by atoms with Crippen LogP contribution < -0.4 is 35.3 Å². The zero-order valence-electron chi connectivity index (χ0n) is 25.7. The van der Waals surface area contributed by atoms with Crippen molar-refractivity contribution < 1.29 is 0 Å². The van der Waals surface area contributed by atoms with Crippen molar-refractivity contribution in [2.75, 3.05) is 51.8 Å². The summed E-state index contributed by atoms with van der Waals surface area (Å²) >= 11 is 0. The summed E-state index contributed by atoms with van der Waals surface area (Å²) < 4.78 is 0. The van der Waals surface area contributed by atoms with E-state index in [1.807, 2.05) is 0 Å². The van der Waals surface area contributed by atoms with E-state index in [0.29, 0.717) is 6.67 Å². The van der Waals surface area contributed by atoms with Crippen LogP contribution in [0.25, 0.3) is 22.3 Å². The fourth-order valence-corrected chi connectivity index (χ4v) is 7.98. The second kappa shape index (κ2) is 9.38. The predicted molar refractivity (Wildman–Crippen MR) is 190 cm³/mol. The van der Waals surface area contributed by atoms with Crippen LogP contribution in [0.2, 0.25) is 0 Å². The molecule has 0 spiro atoms. The summed E-state index contributed by atoms with van der Waals surface area (Å²) in [6.45, 7) is 1.55. The number of rotatable bonds is 2. The maximum Gasteiger partial charge on any atom is 0.329 e. The van der Waals surface area contributed by atoms with Gasteiger partial charge in [-0.05, 0) is 58.5 Å². The first-order valence-corrected chi connectivity index (χ1v) is 15.8. The van der Waals surface area contributed by atoms with E-state index in [1.54, 1.807) is 12.4 Å².